The molecule has 4 nitrogen and oxygen atoms in total. The SMILES string of the molecule is COc1cc(C(N)CCc2nccn2C)ccc1F. The molecule has 2 rings (SSSR count). The number of ether oxygens (including phenoxy) is 1. The van der Waals surface area contributed by atoms with Crippen molar-refractivity contribution in [2.75, 3.05) is 7.11 Å². The molecule has 0 saturated carbocycles. The predicted molar refractivity (Wildman–Crippen MR) is 71.4 cm³/mol. The fourth-order valence-electron chi connectivity index (χ4n) is 2.00. The van der Waals surface area contributed by atoms with Crippen LogP contribution < -0.4 is 10.5 Å². The van der Waals surface area contributed by atoms with Crippen molar-refractivity contribution < 1.29 is 9.13 Å². The lowest BCUT2D eigenvalue weighted by Gasteiger charge is -2.13. The van der Waals surface area contributed by atoms with Crippen LogP contribution in [0.1, 0.15) is 23.9 Å². The Morgan fingerprint density at radius 1 is 1.47 bits per heavy atom. The molecule has 1 unspecified atom stereocenters. The van der Waals surface area contributed by atoms with Gasteiger partial charge in [-0.2, -0.15) is 0 Å². The standard InChI is InChI=1S/C14H18FN3O/c1-18-8-7-17-14(18)6-5-12(16)10-3-4-11(15)13(9-10)19-2/h3-4,7-9,12H,5-6,16H2,1-2H3. The summed E-state index contributed by atoms with van der Waals surface area (Å²) >= 11 is 0. The van der Waals surface area contributed by atoms with Crippen LogP contribution >= 0.6 is 0 Å². The molecule has 102 valence electrons. The van der Waals surface area contributed by atoms with E-state index in [1.165, 1.54) is 13.2 Å². The number of imidazole rings is 1. The summed E-state index contributed by atoms with van der Waals surface area (Å²) in [6.07, 6.45) is 5.20. The predicted octanol–water partition coefficient (Wildman–Crippen LogP) is 2.20. The Morgan fingerprint density at radius 2 is 2.26 bits per heavy atom. The van der Waals surface area contributed by atoms with E-state index in [-0.39, 0.29) is 17.6 Å². The van der Waals surface area contributed by atoms with Crippen molar-refractivity contribution in [3.63, 3.8) is 0 Å². The lowest BCUT2D eigenvalue weighted by atomic mass is 10.0. The molecule has 1 heterocycles. The van der Waals surface area contributed by atoms with Crippen LogP contribution in [0.15, 0.2) is 30.6 Å². The van der Waals surface area contributed by atoms with Crippen LogP contribution in [0.3, 0.4) is 0 Å². The van der Waals surface area contributed by atoms with Gasteiger partial charge in [-0.3, -0.25) is 0 Å². The Hall–Kier alpha value is -1.88. The fraction of sp³-hybridized carbons (Fsp3) is 0.357. The summed E-state index contributed by atoms with van der Waals surface area (Å²) in [4.78, 5) is 4.25. The third kappa shape index (κ3) is 3.12. The van der Waals surface area contributed by atoms with Crippen LogP contribution in [0.2, 0.25) is 0 Å². The third-order valence-electron chi connectivity index (χ3n) is 3.20. The Kier molecular flexibility index (Phi) is 4.16. The smallest absolute Gasteiger partial charge is 0.165 e. The monoisotopic (exact) mass is 263 g/mol. The largest absolute Gasteiger partial charge is 0.494 e. The van der Waals surface area contributed by atoms with Gasteiger partial charge in [0.2, 0.25) is 0 Å². The molecule has 5 heteroatoms. The number of hydrogen-bond donors (Lipinski definition) is 1. The Labute approximate surface area is 112 Å². The molecular formula is C14H18FN3O. The molecule has 1 aromatic heterocycles. The summed E-state index contributed by atoms with van der Waals surface area (Å²) in [7, 11) is 3.40. The molecule has 0 aliphatic carbocycles. The van der Waals surface area contributed by atoms with Gasteiger partial charge in [-0.1, -0.05) is 6.07 Å². The zero-order valence-electron chi connectivity index (χ0n) is 11.1. The second-order valence-electron chi connectivity index (χ2n) is 4.49. The van der Waals surface area contributed by atoms with Crippen LogP contribution in [0, 0.1) is 5.82 Å². The third-order valence-corrected chi connectivity index (χ3v) is 3.20. The van der Waals surface area contributed by atoms with Gasteiger partial charge < -0.3 is 15.0 Å². The van der Waals surface area contributed by atoms with E-state index in [1.54, 1.807) is 18.3 Å². The van der Waals surface area contributed by atoms with E-state index in [4.69, 9.17) is 10.5 Å². The average Bonchev–Trinajstić information content (AvgIpc) is 2.82. The summed E-state index contributed by atoms with van der Waals surface area (Å²) < 4.78 is 20.2. The second kappa shape index (κ2) is 5.84. The van der Waals surface area contributed by atoms with Crippen molar-refractivity contribution in [1.82, 2.24) is 9.55 Å². The van der Waals surface area contributed by atoms with Crippen LogP contribution in [-0.2, 0) is 13.5 Å². The van der Waals surface area contributed by atoms with E-state index in [9.17, 15) is 4.39 Å². The van der Waals surface area contributed by atoms with Crippen molar-refractivity contribution in [3.05, 3.63) is 47.8 Å². The molecule has 2 aromatic rings. The van der Waals surface area contributed by atoms with E-state index in [0.717, 1.165) is 24.2 Å². The average molecular weight is 263 g/mol. The van der Waals surface area contributed by atoms with Gasteiger partial charge in [-0.15, -0.1) is 0 Å². The van der Waals surface area contributed by atoms with E-state index < -0.39 is 0 Å². The van der Waals surface area contributed by atoms with Crippen molar-refractivity contribution in [2.45, 2.75) is 18.9 Å². The number of benzene rings is 1. The number of halogens is 1. The Morgan fingerprint density at radius 3 is 2.89 bits per heavy atom. The van der Waals surface area contributed by atoms with Crippen molar-refractivity contribution >= 4 is 0 Å². The van der Waals surface area contributed by atoms with Crippen LogP contribution in [0.5, 0.6) is 5.75 Å². The van der Waals surface area contributed by atoms with Gasteiger partial charge in [0.15, 0.2) is 11.6 Å². The first-order valence-corrected chi connectivity index (χ1v) is 6.17. The zero-order chi connectivity index (χ0) is 13.8. The molecular weight excluding hydrogens is 245 g/mol. The van der Waals surface area contributed by atoms with E-state index >= 15 is 0 Å². The van der Waals surface area contributed by atoms with E-state index in [2.05, 4.69) is 4.98 Å². The van der Waals surface area contributed by atoms with Crippen molar-refractivity contribution in [1.29, 1.82) is 0 Å². The van der Waals surface area contributed by atoms with Gasteiger partial charge in [-0.25, -0.2) is 9.37 Å². The minimum absolute atomic E-state index is 0.161. The number of aryl methyl sites for hydroxylation is 2. The summed E-state index contributed by atoms with van der Waals surface area (Å²) in [5.41, 5.74) is 6.99. The highest BCUT2D eigenvalue weighted by Crippen LogP contribution is 2.23. The lowest BCUT2D eigenvalue weighted by molar-refractivity contribution is 0.385. The molecule has 0 spiro atoms. The number of rotatable bonds is 5. The maximum Gasteiger partial charge on any atom is 0.165 e. The molecule has 0 amide bonds. The van der Waals surface area contributed by atoms with E-state index in [0.29, 0.717) is 0 Å². The number of nitrogens with zero attached hydrogens (tertiary/aromatic N) is 2. The summed E-state index contributed by atoms with van der Waals surface area (Å²) in [5.74, 6) is 0.844. The first-order chi connectivity index (χ1) is 9.11. The van der Waals surface area contributed by atoms with Gasteiger partial charge in [0.25, 0.3) is 0 Å². The molecule has 0 bridgehead atoms. The minimum Gasteiger partial charge on any atom is -0.494 e. The van der Waals surface area contributed by atoms with Gasteiger partial charge in [0.05, 0.1) is 7.11 Å². The first kappa shape index (κ1) is 13.5. The molecule has 0 aliphatic heterocycles. The van der Waals surface area contributed by atoms with Crippen LogP contribution in [-0.4, -0.2) is 16.7 Å². The first-order valence-electron chi connectivity index (χ1n) is 6.17. The highest BCUT2D eigenvalue weighted by atomic mass is 19.1. The van der Waals surface area contributed by atoms with Crippen LogP contribution in [0.4, 0.5) is 4.39 Å². The van der Waals surface area contributed by atoms with Crippen LogP contribution in [0.25, 0.3) is 0 Å². The summed E-state index contributed by atoms with van der Waals surface area (Å²) in [6, 6.07) is 4.57. The molecule has 2 N–H and O–H groups in total. The maximum absolute atomic E-state index is 13.3. The normalized spacial score (nSPS) is 12.4. The lowest BCUT2D eigenvalue weighted by Crippen LogP contribution is -2.13. The van der Waals surface area contributed by atoms with Gasteiger partial charge in [0.1, 0.15) is 5.82 Å². The fourth-order valence-corrected chi connectivity index (χ4v) is 2.00. The highest BCUT2D eigenvalue weighted by Gasteiger charge is 2.11. The molecule has 0 aliphatic rings. The molecule has 0 radical (unpaired) electrons. The van der Waals surface area contributed by atoms with Crippen molar-refractivity contribution in [3.8, 4) is 5.75 Å². The number of nitrogens with two attached hydrogens (primary N) is 1. The van der Waals surface area contributed by atoms with Gasteiger partial charge in [-0.05, 0) is 24.1 Å². The number of methoxy groups -OCH3 is 1. The second-order valence-corrected chi connectivity index (χ2v) is 4.49. The molecule has 19 heavy (non-hydrogen) atoms. The molecule has 0 fully saturated rings. The van der Waals surface area contributed by atoms with E-state index in [1.807, 2.05) is 17.8 Å². The van der Waals surface area contributed by atoms with Gasteiger partial charge >= 0.3 is 0 Å². The summed E-state index contributed by atoms with van der Waals surface area (Å²) in [6.45, 7) is 0. The molecule has 1 atom stereocenters. The molecule has 1 aromatic carbocycles. The Balaban J connectivity index is 2.03. The topological polar surface area (TPSA) is 53.1 Å². The maximum atomic E-state index is 13.3. The highest BCUT2D eigenvalue weighted by molar-refractivity contribution is 5.32. The molecule has 0 saturated heterocycles. The number of hydrogen-bond acceptors (Lipinski definition) is 3. The zero-order valence-corrected chi connectivity index (χ0v) is 11.1. The van der Waals surface area contributed by atoms with Crippen molar-refractivity contribution in [2.24, 2.45) is 12.8 Å². The number of aromatic nitrogens is 2. The minimum atomic E-state index is -0.373. The Bertz CT molecular complexity index is 553. The quantitative estimate of drug-likeness (QED) is 0.899. The van der Waals surface area contributed by atoms with Gasteiger partial charge in [0, 0.05) is 31.9 Å². The summed E-state index contributed by atoms with van der Waals surface area (Å²) in [5, 5.41) is 0.